The Morgan fingerprint density at radius 1 is 1.38 bits per heavy atom. The van der Waals surface area contributed by atoms with Crippen molar-refractivity contribution in [1.29, 1.82) is 0 Å². The fourth-order valence-electron chi connectivity index (χ4n) is 2.39. The molecule has 1 aliphatic carbocycles. The van der Waals surface area contributed by atoms with Crippen LogP contribution >= 0.6 is 0 Å². The Balaban J connectivity index is 2.02. The molecule has 0 radical (unpaired) electrons. The molecule has 4 nitrogen and oxygen atoms in total. The normalized spacial score (nSPS) is 24.8. The maximum Gasteiger partial charge on any atom is 0.133 e. The number of nitrogens with zero attached hydrogens (tertiary/aromatic N) is 3. The Hall–Kier alpha value is -0.900. The van der Waals surface area contributed by atoms with Crippen LogP contribution in [0.25, 0.3) is 0 Å². The average molecular weight is 222 g/mol. The van der Waals surface area contributed by atoms with Gasteiger partial charge in [0.15, 0.2) is 0 Å². The lowest BCUT2D eigenvalue weighted by Crippen LogP contribution is -2.37. The fourth-order valence-corrected chi connectivity index (χ4v) is 2.39. The van der Waals surface area contributed by atoms with Crippen LogP contribution in [0.4, 0.5) is 0 Å². The third-order valence-electron chi connectivity index (χ3n) is 3.30. The van der Waals surface area contributed by atoms with E-state index < -0.39 is 0 Å². The van der Waals surface area contributed by atoms with Gasteiger partial charge in [-0.25, -0.2) is 0 Å². The Kier molecular flexibility index (Phi) is 3.28. The number of rotatable bonds is 4. The lowest BCUT2D eigenvalue weighted by molar-refractivity contribution is 0.257. The first-order valence-electron chi connectivity index (χ1n) is 6.20. The summed E-state index contributed by atoms with van der Waals surface area (Å²) in [4.78, 5) is 0. The van der Waals surface area contributed by atoms with Crippen molar-refractivity contribution in [3.05, 3.63) is 11.6 Å². The van der Waals surface area contributed by atoms with Crippen LogP contribution in [0, 0.1) is 18.8 Å². The topological polar surface area (TPSA) is 56.7 Å². The third-order valence-corrected chi connectivity index (χ3v) is 3.30. The van der Waals surface area contributed by atoms with Crippen LogP contribution in [0.5, 0.6) is 0 Å². The molecule has 1 aromatic heterocycles. The van der Waals surface area contributed by atoms with E-state index in [-0.39, 0.29) is 0 Å². The molecule has 4 heteroatoms. The maximum absolute atomic E-state index is 5.80. The molecule has 16 heavy (non-hydrogen) atoms. The van der Waals surface area contributed by atoms with E-state index in [4.69, 9.17) is 5.73 Å². The van der Waals surface area contributed by atoms with Gasteiger partial charge in [-0.2, -0.15) is 0 Å². The predicted octanol–water partition coefficient (Wildman–Crippen LogP) is 1.52. The molecule has 2 N–H and O–H groups in total. The lowest BCUT2D eigenvalue weighted by atomic mass is 9.78. The van der Waals surface area contributed by atoms with Gasteiger partial charge in [0.2, 0.25) is 0 Å². The van der Waals surface area contributed by atoms with Gasteiger partial charge in [-0.3, -0.25) is 0 Å². The highest BCUT2D eigenvalue weighted by Gasteiger charge is 2.27. The molecule has 1 aromatic rings. The van der Waals surface area contributed by atoms with Crippen LogP contribution in [-0.2, 0) is 13.0 Å². The second-order valence-electron chi connectivity index (χ2n) is 5.47. The summed E-state index contributed by atoms with van der Waals surface area (Å²) in [6.07, 6.45) is 3.34. The minimum Gasteiger partial charge on any atom is -0.328 e. The molecular formula is C12H22N4. The number of nitrogens with two attached hydrogens (primary N) is 1. The first-order valence-corrected chi connectivity index (χ1v) is 6.20. The molecule has 0 bridgehead atoms. The van der Waals surface area contributed by atoms with Crippen molar-refractivity contribution in [1.82, 2.24) is 14.8 Å². The molecule has 0 aliphatic heterocycles. The fraction of sp³-hybridized carbons (Fsp3) is 0.833. The Labute approximate surface area is 97.2 Å². The van der Waals surface area contributed by atoms with Crippen molar-refractivity contribution in [2.45, 2.75) is 52.6 Å². The van der Waals surface area contributed by atoms with Crippen molar-refractivity contribution >= 4 is 0 Å². The summed E-state index contributed by atoms with van der Waals surface area (Å²) in [5.41, 5.74) is 5.80. The molecule has 0 aromatic carbocycles. The number of aryl methyl sites for hydroxylation is 1. The summed E-state index contributed by atoms with van der Waals surface area (Å²) in [6, 6.07) is 0.424. The monoisotopic (exact) mass is 222 g/mol. The molecule has 1 saturated carbocycles. The van der Waals surface area contributed by atoms with Gasteiger partial charge in [0, 0.05) is 19.0 Å². The molecule has 0 saturated heterocycles. The van der Waals surface area contributed by atoms with Gasteiger partial charge in [0.05, 0.1) is 0 Å². The number of hydrogen-bond acceptors (Lipinski definition) is 3. The van der Waals surface area contributed by atoms with Gasteiger partial charge in [0.25, 0.3) is 0 Å². The zero-order valence-corrected chi connectivity index (χ0v) is 10.5. The van der Waals surface area contributed by atoms with Gasteiger partial charge in [0.1, 0.15) is 11.6 Å². The molecule has 0 amide bonds. The Morgan fingerprint density at radius 2 is 2.06 bits per heavy atom. The SMILES string of the molecule is Cc1nnc(CC2CC(N)C2)n1CC(C)C. The minimum absolute atomic E-state index is 0.424. The van der Waals surface area contributed by atoms with Crippen LogP contribution in [0.3, 0.4) is 0 Å². The van der Waals surface area contributed by atoms with E-state index in [2.05, 4.69) is 28.6 Å². The van der Waals surface area contributed by atoms with E-state index in [1.165, 1.54) is 0 Å². The standard InChI is InChI=1S/C12H22N4/c1-8(2)7-16-9(3)14-15-12(16)6-10-4-11(13)5-10/h8,10-11H,4-7,13H2,1-3H3. The van der Waals surface area contributed by atoms with Gasteiger partial charge in [-0.1, -0.05) is 13.8 Å². The van der Waals surface area contributed by atoms with Crippen molar-refractivity contribution in [2.24, 2.45) is 17.6 Å². The summed E-state index contributed by atoms with van der Waals surface area (Å²) in [6.45, 7) is 7.50. The minimum atomic E-state index is 0.424. The van der Waals surface area contributed by atoms with Gasteiger partial charge < -0.3 is 10.3 Å². The smallest absolute Gasteiger partial charge is 0.133 e. The zero-order valence-electron chi connectivity index (χ0n) is 10.5. The summed E-state index contributed by atoms with van der Waals surface area (Å²) in [7, 11) is 0. The zero-order chi connectivity index (χ0) is 11.7. The largest absolute Gasteiger partial charge is 0.328 e. The predicted molar refractivity (Wildman–Crippen MR) is 64.0 cm³/mol. The summed E-state index contributed by atoms with van der Waals surface area (Å²) >= 11 is 0. The van der Waals surface area contributed by atoms with Crippen LogP contribution in [0.1, 0.15) is 38.3 Å². The number of aromatic nitrogens is 3. The molecule has 1 aliphatic rings. The average Bonchev–Trinajstić information content (AvgIpc) is 2.46. The molecule has 0 spiro atoms. The van der Waals surface area contributed by atoms with Crippen LogP contribution in [0.15, 0.2) is 0 Å². The maximum atomic E-state index is 5.80. The Bertz CT molecular complexity index is 350. The second kappa shape index (κ2) is 4.53. The van der Waals surface area contributed by atoms with E-state index in [1.807, 2.05) is 6.92 Å². The quantitative estimate of drug-likeness (QED) is 0.840. The van der Waals surface area contributed by atoms with Crippen molar-refractivity contribution in [3.63, 3.8) is 0 Å². The molecule has 2 rings (SSSR count). The van der Waals surface area contributed by atoms with E-state index in [0.29, 0.717) is 12.0 Å². The molecule has 90 valence electrons. The van der Waals surface area contributed by atoms with E-state index in [1.54, 1.807) is 0 Å². The first-order chi connectivity index (χ1) is 7.56. The molecular weight excluding hydrogens is 200 g/mol. The van der Waals surface area contributed by atoms with Gasteiger partial charge in [-0.15, -0.1) is 10.2 Å². The Morgan fingerprint density at radius 3 is 2.62 bits per heavy atom. The first kappa shape index (κ1) is 11.6. The summed E-state index contributed by atoms with van der Waals surface area (Å²) in [5, 5.41) is 8.47. The highest BCUT2D eigenvalue weighted by molar-refractivity contribution is 4.98. The van der Waals surface area contributed by atoms with Crippen molar-refractivity contribution in [3.8, 4) is 0 Å². The van der Waals surface area contributed by atoms with Gasteiger partial charge >= 0.3 is 0 Å². The molecule has 1 heterocycles. The highest BCUT2D eigenvalue weighted by atomic mass is 15.3. The highest BCUT2D eigenvalue weighted by Crippen LogP contribution is 2.28. The van der Waals surface area contributed by atoms with Crippen molar-refractivity contribution in [2.75, 3.05) is 0 Å². The van der Waals surface area contributed by atoms with Gasteiger partial charge in [-0.05, 0) is 31.6 Å². The van der Waals surface area contributed by atoms with Crippen LogP contribution in [0.2, 0.25) is 0 Å². The summed E-state index contributed by atoms with van der Waals surface area (Å²) < 4.78 is 2.26. The van der Waals surface area contributed by atoms with E-state index >= 15 is 0 Å². The molecule has 0 atom stereocenters. The second-order valence-corrected chi connectivity index (χ2v) is 5.47. The van der Waals surface area contributed by atoms with E-state index in [0.717, 1.165) is 43.4 Å². The third kappa shape index (κ3) is 2.43. The molecule has 1 fully saturated rings. The summed E-state index contributed by atoms with van der Waals surface area (Å²) in [5.74, 6) is 3.54. The van der Waals surface area contributed by atoms with Crippen molar-refractivity contribution < 1.29 is 0 Å². The van der Waals surface area contributed by atoms with Crippen LogP contribution in [-0.4, -0.2) is 20.8 Å². The number of hydrogen-bond donors (Lipinski definition) is 1. The van der Waals surface area contributed by atoms with Crippen LogP contribution < -0.4 is 5.73 Å². The lowest BCUT2D eigenvalue weighted by Gasteiger charge is -2.32. The van der Waals surface area contributed by atoms with E-state index in [9.17, 15) is 0 Å². The molecule has 0 unspecified atom stereocenters.